The van der Waals surface area contributed by atoms with Crippen LogP contribution in [0, 0.1) is 5.92 Å². The number of benzene rings is 1. The van der Waals surface area contributed by atoms with Gasteiger partial charge >= 0.3 is 0 Å². The molecule has 16 heavy (non-hydrogen) atoms. The third-order valence-electron chi connectivity index (χ3n) is 3.20. The summed E-state index contributed by atoms with van der Waals surface area (Å²) in [5.74, 6) is 6.31. The molecule has 0 aliphatic heterocycles. The van der Waals surface area contributed by atoms with Crippen LogP contribution in [0.1, 0.15) is 24.3 Å². The minimum atomic E-state index is 0.477. The maximum atomic E-state index is 5.87. The third kappa shape index (κ3) is 2.39. The van der Waals surface area contributed by atoms with Crippen LogP contribution in [0.5, 0.6) is 0 Å². The molecule has 1 aliphatic carbocycles. The van der Waals surface area contributed by atoms with Gasteiger partial charge in [0, 0.05) is 22.3 Å². The molecule has 3 nitrogen and oxygen atoms in total. The zero-order chi connectivity index (χ0) is 11.5. The third-order valence-corrected chi connectivity index (χ3v) is 3.73. The number of allylic oxidation sites excluding steroid dienone is 1. The zero-order valence-corrected chi connectivity index (χ0v) is 10.6. The fourth-order valence-corrected chi connectivity index (χ4v) is 2.38. The van der Waals surface area contributed by atoms with Crippen molar-refractivity contribution < 1.29 is 0 Å². The lowest BCUT2D eigenvalue weighted by molar-refractivity contribution is 0.303. The molecule has 0 amide bonds. The number of hydrogen-bond acceptors (Lipinski definition) is 3. The second-order valence-corrected chi connectivity index (χ2v) is 5.14. The fourth-order valence-electron chi connectivity index (χ4n) is 2.11. The van der Waals surface area contributed by atoms with Gasteiger partial charge in [0.25, 0.3) is 0 Å². The molecule has 0 unspecified atom stereocenters. The lowest BCUT2D eigenvalue weighted by atomic mass is 9.70. The molecule has 2 rings (SSSR count). The number of nitrogens with two attached hydrogens (primary N) is 2. The molecule has 0 bridgehead atoms. The second kappa shape index (κ2) is 4.89. The number of halogens is 1. The van der Waals surface area contributed by atoms with Gasteiger partial charge in [-0.15, -0.1) is 0 Å². The van der Waals surface area contributed by atoms with Crippen LogP contribution in [-0.4, -0.2) is 0 Å². The molecule has 1 fully saturated rings. The fraction of sp³-hybridized carbons (Fsp3) is 0.333. The van der Waals surface area contributed by atoms with Gasteiger partial charge in [0.1, 0.15) is 0 Å². The van der Waals surface area contributed by atoms with Gasteiger partial charge in [0.15, 0.2) is 0 Å². The molecule has 86 valence electrons. The van der Waals surface area contributed by atoms with Crippen LogP contribution in [-0.2, 0) is 0 Å². The molecule has 0 radical (unpaired) electrons. The highest BCUT2D eigenvalue weighted by Gasteiger charge is 2.31. The number of hydrogen-bond donors (Lipinski definition) is 3. The highest BCUT2D eigenvalue weighted by atomic mass is 79.9. The van der Waals surface area contributed by atoms with E-state index < -0.39 is 0 Å². The number of hydrazine groups is 1. The van der Waals surface area contributed by atoms with Gasteiger partial charge in [-0.05, 0) is 36.5 Å². The minimum absolute atomic E-state index is 0.477. The van der Waals surface area contributed by atoms with Crippen molar-refractivity contribution in [1.29, 1.82) is 0 Å². The van der Waals surface area contributed by atoms with Crippen LogP contribution < -0.4 is 17.0 Å². The molecule has 0 heterocycles. The number of rotatable bonds is 3. The SMILES string of the molecule is NN/C=C(\N)C1CC(c2ccc(Br)cc2)C1. The minimum Gasteiger partial charge on any atom is -0.401 e. The van der Waals surface area contributed by atoms with Gasteiger partial charge in [-0.3, -0.25) is 5.84 Å². The Morgan fingerprint density at radius 2 is 1.94 bits per heavy atom. The van der Waals surface area contributed by atoms with E-state index >= 15 is 0 Å². The molecule has 1 aromatic carbocycles. The summed E-state index contributed by atoms with van der Waals surface area (Å²) in [6, 6.07) is 8.52. The van der Waals surface area contributed by atoms with Gasteiger partial charge in [0.05, 0.1) is 0 Å². The average Bonchev–Trinajstić information content (AvgIpc) is 2.19. The van der Waals surface area contributed by atoms with Crippen molar-refractivity contribution in [3.05, 3.63) is 46.2 Å². The van der Waals surface area contributed by atoms with E-state index in [9.17, 15) is 0 Å². The van der Waals surface area contributed by atoms with Crippen molar-refractivity contribution in [2.45, 2.75) is 18.8 Å². The Hall–Kier alpha value is -1.000. The van der Waals surface area contributed by atoms with E-state index in [-0.39, 0.29) is 0 Å². The van der Waals surface area contributed by atoms with Gasteiger partial charge in [-0.2, -0.15) is 0 Å². The molecule has 5 N–H and O–H groups in total. The van der Waals surface area contributed by atoms with Crippen molar-refractivity contribution in [2.75, 3.05) is 0 Å². The van der Waals surface area contributed by atoms with Crippen molar-refractivity contribution in [2.24, 2.45) is 17.5 Å². The average molecular weight is 282 g/mol. The van der Waals surface area contributed by atoms with E-state index in [0.29, 0.717) is 11.8 Å². The first kappa shape index (κ1) is 11.5. The van der Waals surface area contributed by atoms with E-state index in [2.05, 4.69) is 45.6 Å². The van der Waals surface area contributed by atoms with Crippen LogP contribution >= 0.6 is 15.9 Å². The monoisotopic (exact) mass is 281 g/mol. The Bertz CT molecular complexity index is 380. The number of nitrogens with one attached hydrogen (secondary N) is 1. The molecule has 0 saturated heterocycles. The quantitative estimate of drug-likeness (QED) is 0.588. The van der Waals surface area contributed by atoms with Crippen LogP contribution in [0.3, 0.4) is 0 Å². The summed E-state index contributed by atoms with van der Waals surface area (Å²) in [6.45, 7) is 0. The highest BCUT2D eigenvalue weighted by molar-refractivity contribution is 9.10. The maximum Gasteiger partial charge on any atom is 0.0313 e. The summed E-state index contributed by atoms with van der Waals surface area (Å²) in [5, 5.41) is 0. The first-order valence-corrected chi connectivity index (χ1v) is 6.17. The molecule has 4 heteroatoms. The van der Waals surface area contributed by atoms with Crippen molar-refractivity contribution in [3.8, 4) is 0 Å². The lowest BCUT2D eigenvalue weighted by Gasteiger charge is -2.36. The predicted octanol–water partition coefficient (Wildman–Crippen LogP) is 2.21. The van der Waals surface area contributed by atoms with Crippen LogP contribution in [0.4, 0.5) is 0 Å². The Morgan fingerprint density at radius 1 is 1.31 bits per heavy atom. The topological polar surface area (TPSA) is 64.1 Å². The molecule has 1 aromatic rings. The van der Waals surface area contributed by atoms with Gasteiger partial charge < -0.3 is 11.2 Å². The summed E-state index contributed by atoms with van der Waals surface area (Å²) >= 11 is 3.44. The summed E-state index contributed by atoms with van der Waals surface area (Å²) in [5.41, 5.74) is 10.6. The van der Waals surface area contributed by atoms with Crippen LogP contribution in [0.25, 0.3) is 0 Å². The molecule has 1 aliphatic rings. The first-order valence-electron chi connectivity index (χ1n) is 5.38. The molecular formula is C12H16BrN3. The van der Waals surface area contributed by atoms with Crippen molar-refractivity contribution >= 4 is 15.9 Å². The summed E-state index contributed by atoms with van der Waals surface area (Å²) in [7, 11) is 0. The van der Waals surface area contributed by atoms with E-state index in [1.54, 1.807) is 6.20 Å². The highest BCUT2D eigenvalue weighted by Crippen LogP contribution is 2.43. The zero-order valence-electron chi connectivity index (χ0n) is 8.99. The molecular weight excluding hydrogens is 266 g/mol. The van der Waals surface area contributed by atoms with Gasteiger partial charge in [-0.25, -0.2) is 0 Å². The Labute approximate surface area is 104 Å². The molecule has 0 spiro atoms. The molecule has 1 saturated carbocycles. The Balaban J connectivity index is 1.93. The van der Waals surface area contributed by atoms with Crippen LogP contribution in [0.2, 0.25) is 0 Å². The van der Waals surface area contributed by atoms with E-state index in [0.717, 1.165) is 23.0 Å². The molecule has 0 atom stereocenters. The predicted molar refractivity (Wildman–Crippen MR) is 69.2 cm³/mol. The standard InChI is InChI=1S/C12H16BrN3/c13-11-3-1-8(2-4-11)9-5-10(6-9)12(14)7-16-15/h1-4,7,9-10,16H,5-6,14-15H2/b12-7-. The van der Waals surface area contributed by atoms with Gasteiger partial charge in [-0.1, -0.05) is 28.1 Å². The maximum absolute atomic E-state index is 5.87. The summed E-state index contributed by atoms with van der Waals surface area (Å²) in [4.78, 5) is 0. The lowest BCUT2D eigenvalue weighted by Crippen LogP contribution is -2.29. The first-order chi connectivity index (χ1) is 7.70. The summed E-state index contributed by atoms with van der Waals surface area (Å²) in [6.07, 6.45) is 3.92. The van der Waals surface area contributed by atoms with Crippen LogP contribution in [0.15, 0.2) is 40.6 Å². The molecule has 0 aromatic heterocycles. The largest absolute Gasteiger partial charge is 0.401 e. The smallest absolute Gasteiger partial charge is 0.0313 e. The second-order valence-electron chi connectivity index (χ2n) is 4.23. The van der Waals surface area contributed by atoms with Crippen molar-refractivity contribution in [3.63, 3.8) is 0 Å². The van der Waals surface area contributed by atoms with E-state index in [1.165, 1.54) is 5.56 Å². The normalized spacial score (nSPS) is 25.0. The van der Waals surface area contributed by atoms with E-state index in [1.807, 2.05) is 0 Å². The van der Waals surface area contributed by atoms with Gasteiger partial charge in [0.2, 0.25) is 0 Å². The Kier molecular flexibility index (Phi) is 3.51. The van der Waals surface area contributed by atoms with E-state index in [4.69, 9.17) is 11.6 Å². The summed E-state index contributed by atoms with van der Waals surface area (Å²) < 4.78 is 1.12. The van der Waals surface area contributed by atoms with Crippen molar-refractivity contribution in [1.82, 2.24) is 5.43 Å². The Morgan fingerprint density at radius 3 is 2.50 bits per heavy atom.